The van der Waals surface area contributed by atoms with Crippen LogP contribution in [0.4, 0.5) is 11.4 Å². The number of hydrogen-bond acceptors (Lipinski definition) is 6. The third-order valence-electron chi connectivity index (χ3n) is 6.50. The number of amides is 2. The van der Waals surface area contributed by atoms with E-state index in [1.54, 1.807) is 0 Å². The first kappa shape index (κ1) is 20.3. The van der Waals surface area contributed by atoms with Crippen molar-refractivity contribution in [1.82, 2.24) is 4.90 Å². The average Bonchev–Trinajstić information content (AvgIpc) is 3.55. The Kier molecular flexibility index (Phi) is 5.54. The van der Waals surface area contributed by atoms with Crippen LogP contribution in [0.15, 0.2) is 47.5 Å². The number of carbonyl (C=O) groups is 2. The molecule has 1 aromatic carbocycles. The van der Waals surface area contributed by atoms with Gasteiger partial charge < -0.3 is 14.9 Å². The van der Waals surface area contributed by atoms with E-state index in [-0.39, 0.29) is 24.3 Å². The lowest BCUT2D eigenvalue weighted by Gasteiger charge is -2.34. The Morgan fingerprint density at radius 3 is 2.29 bits per heavy atom. The number of aliphatic hydroxyl groups is 1. The van der Waals surface area contributed by atoms with Crippen molar-refractivity contribution in [3.8, 4) is 0 Å². The van der Waals surface area contributed by atoms with E-state index in [9.17, 15) is 14.7 Å². The Hall–Kier alpha value is -2.64. The number of carbonyl (C=O) groups excluding carboxylic acids is 2. The third-order valence-corrected chi connectivity index (χ3v) is 7.39. The number of likely N-dealkylation sites (tertiary alicyclic amines) is 1. The molecule has 6 nitrogen and oxygen atoms in total. The normalized spacial score (nSPS) is 22.2. The maximum Gasteiger partial charge on any atom is 0.282 e. The minimum Gasteiger partial charge on any atom is -0.396 e. The number of aliphatic hydroxyl groups excluding tert-OH is 1. The first-order valence-electron chi connectivity index (χ1n) is 11.0. The number of piperidine rings is 1. The van der Waals surface area contributed by atoms with Crippen molar-refractivity contribution in [2.24, 2.45) is 5.92 Å². The zero-order valence-corrected chi connectivity index (χ0v) is 18.3. The van der Waals surface area contributed by atoms with Gasteiger partial charge in [0.1, 0.15) is 5.70 Å². The minimum atomic E-state index is -0.263. The van der Waals surface area contributed by atoms with E-state index < -0.39 is 0 Å². The second-order valence-corrected chi connectivity index (χ2v) is 9.44. The largest absolute Gasteiger partial charge is 0.396 e. The highest BCUT2D eigenvalue weighted by Gasteiger charge is 2.43. The summed E-state index contributed by atoms with van der Waals surface area (Å²) in [5.74, 6) is -0.397. The quantitative estimate of drug-likeness (QED) is 0.727. The summed E-state index contributed by atoms with van der Waals surface area (Å²) in [5, 5.41) is 11.6. The summed E-state index contributed by atoms with van der Waals surface area (Å²) in [4.78, 5) is 33.6. The third kappa shape index (κ3) is 3.66. The molecule has 4 heterocycles. The van der Waals surface area contributed by atoms with E-state index in [0.717, 1.165) is 43.0 Å². The molecule has 0 saturated carbocycles. The fourth-order valence-corrected chi connectivity index (χ4v) is 5.66. The lowest BCUT2D eigenvalue weighted by Crippen LogP contribution is -2.40. The van der Waals surface area contributed by atoms with E-state index in [2.05, 4.69) is 4.90 Å². The van der Waals surface area contributed by atoms with Crippen LogP contribution in [0.25, 0.3) is 5.57 Å². The first-order valence-corrected chi connectivity index (χ1v) is 11.9. The Balaban J connectivity index is 1.49. The van der Waals surface area contributed by atoms with Crippen LogP contribution in [0.2, 0.25) is 0 Å². The second-order valence-electron chi connectivity index (χ2n) is 8.49. The van der Waals surface area contributed by atoms with Gasteiger partial charge >= 0.3 is 0 Å². The predicted molar refractivity (Wildman–Crippen MR) is 123 cm³/mol. The molecular weight excluding hydrogens is 410 g/mol. The van der Waals surface area contributed by atoms with E-state index in [1.165, 1.54) is 29.1 Å². The van der Waals surface area contributed by atoms with E-state index in [4.69, 9.17) is 0 Å². The molecular formula is C24H27N3O3S. The highest BCUT2D eigenvalue weighted by molar-refractivity contribution is 7.11. The Morgan fingerprint density at radius 2 is 1.61 bits per heavy atom. The molecule has 5 rings (SSSR count). The van der Waals surface area contributed by atoms with Gasteiger partial charge in [-0.15, -0.1) is 11.3 Å². The van der Waals surface area contributed by atoms with Gasteiger partial charge in [0.2, 0.25) is 0 Å². The van der Waals surface area contributed by atoms with Crippen LogP contribution in [0, 0.1) is 5.92 Å². The molecule has 0 spiro atoms. The van der Waals surface area contributed by atoms with Crippen molar-refractivity contribution < 1.29 is 14.7 Å². The molecule has 162 valence electrons. The van der Waals surface area contributed by atoms with Crippen LogP contribution in [0.5, 0.6) is 0 Å². The summed E-state index contributed by atoms with van der Waals surface area (Å²) >= 11 is 1.48. The van der Waals surface area contributed by atoms with Gasteiger partial charge in [0.05, 0.1) is 11.3 Å². The van der Waals surface area contributed by atoms with Crippen molar-refractivity contribution in [1.29, 1.82) is 0 Å². The van der Waals surface area contributed by atoms with Crippen LogP contribution in [0.1, 0.15) is 30.6 Å². The number of imide groups is 1. The van der Waals surface area contributed by atoms with Crippen LogP contribution in [-0.4, -0.2) is 54.6 Å². The summed E-state index contributed by atoms with van der Waals surface area (Å²) in [7, 11) is 0. The van der Waals surface area contributed by atoms with E-state index in [0.29, 0.717) is 23.5 Å². The molecule has 1 unspecified atom stereocenters. The second kappa shape index (κ2) is 8.48. The van der Waals surface area contributed by atoms with Gasteiger partial charge in [0.15, 0.2) is 0 Å². The maximum absolute atomic E-state index is 13.6. The van der Waals surface area contributed by atoms with Gasteiger partial charge in [-0.3, -0.25) is 9.59 Å². The standard InChI is InChI=1S/C24H27N3O3S/c28-16-17-5-3-13-26(15-17)22-21(20-6-4-14-31-20)23(29)27(24(22)30)19-9-7-18(8-10-19)25-11-1-2-12-25/h4,6-10,14,17,28H,1-3,5,11-13,15-16H2. The lowest BCUT2D eigenvalue weighted by atomic mass is 9.98. The Labute approximate surface area is 186 Å². The summed E-state index contributed by atoms with van der Waals surface area (Å²) in [6, 6.07) is 11.6. The molecule has 31 heavy (non-hydrogen) atoms. The van der Waals surface area contributed by atoms with Crippen molar-refractivity contribution in [2.45, 2.75) is 25.7 Å². The minimum absolute atomic E-state index is 0.0991. The maximum atomic E-state index is 13.6. The van der Waals surface area contributed by atoms with Crippen molar-refractivity contribution in [3.05, 3.63) is 52.4 Å². The molecule has 2 fully saturated rings. The summed E-state index contributed by atoms with van der Waals surface area (Å²) < 4.78 is 0. The van der Waals surface area contributed by atoms with E-state index >= 15 is 0 Å². The van der Waals surface area contributed by atoms with Gasteiger partial charge in [0.25, 0.3) is 11.8 Å². The van der Waals surface area contributed by atoms with Gasteiger partial charge in [-0.1, -0.05) is 6.07 Å². The Morgan fingerprint density at radius 1 is 0.903 bits per heavy atom. The molecule has 0 radical (unpaired) electrons. The van der Waals surface area contributed by atoms with Gasteiger partial charge in [-0.25, -0.2) is 4.90 Å². The van der Waals surface area contributed by atoms with Gasteiger partial charge in [0, 0.05) is 43.4 Å². The first-order chi connectivity index (χ1) is 15.2. The fourth-order valence-electron chi connectivity index (χ4n) is 4.89. The number of thiophene rings is 1. The molecule has 0 aliphatic carbocycles. The number of nitrogens with zero attached hydrogens (tertiary/aromatic N) is 3. The number of rotatable bonds is 5. The summed E-state index contributed by atoms with van der Waals surface area (Å²) in [6.45, 7) is 3.52. The zero-order valence-electron chi connectivity index (χ0n) is 17.5. The van der Waals surface area contributed by atoms with Crippen molar-refractivity contribution >= 4 is 40.1 Å². The SMILES string of the molecule is O=C1C(c2cccs2)=C(N2CCCC(CO)C2)C(=O)N1c1ccc(N2CCCC2)cc1. The molecule has 1 N–H and O–H groups in total. The smallest absolute Gasteiger partial charge is 0.282 e. The molecule has 7 heteroatoms. The monoisotopic (exact) mass is 437 g/mol. The molecule has 2 aromatic rings. The molecule has 3 aliphatic heterocycles. The molecule has 2 amide bonds. The molecule has 1 aromatic heterocycles. The highest BCUT2D eigenvalue weighted by atomic mass is 32.1. The summed E-state index contributed by atoms with van der Waals surface area (Å²) in [5.41, 5.74) is 2.71. The molecule has 1 atom stereocenters. The lowest BCUT2D eigenvalue weighted by molar-refractivity contribution is -0.120. The van der Waals surface area contributed by atoms with Crippen LogP contribution in [-0.2, 0) is 9.59 Å². The number of benzene rings is 1. The van der Waals surface area contributed by atoms with Crippen molar-refractivity contribution in [2.75, 3.05) is 42.6 Å². The number of hydrogen-bond donors (Lipinski definition) is 1. The topological polar surface area (TPSA) is 64.1 Å². The van der Waals surface area contributed by atoms with Crippen LogP contribution >= 0.6 is 11.3 Å². The highest BCUT2D eigenvalue weighted by Crippen LogP contribution is 2.38. The van der Waals surface area contributed by atoms with Gasteiger partial charge in [-0.2, -0.15) is 0 Å². The summed E-state index contributed by atoms with van der Waals surface area (Å²) in [6.07, 6.45) is 4.25. The Bertz CT molecular complexity index is 994. The zero-order chi connectivity index (χ0) is 21.4. The average molecular weight is 438 g/mol. The molecule has 2 saturated heterocycles. The predicted octanol–water partition coefficient (Wildman–Crippen LogP) is 3.34. The molecule has 3 aliphatic rings. The van der Waals surface area contributed by atoms with E-state index in [1.807, 2.05) is 46.7 Å². The number of anilines is 2. The fraction of sp³-hybridized carbons (Fsp3) is 0.417. The van der Waals surface area contributed by atoms with Crippen LogP contribution in [0.3, 0.4) is 0 Å². The van der Waals surface area contributed by atoms with Gasteiger partial charge in [-0.05, 0) is 67.3 Å². The van der Waals surface area contributed by atoms with Crippen LogP contribution < -0.4 is 9.80 Å². The molecule has 0 bridgehead atoms. The van der Waals surface area contributed by atoms with Crippen molar-refractivity contribution in [3.63, 3.8) is 0 Å².